The Hall–Kier alpha value is -3.81. The Balaban J connectivity index is 2.16. The molecular formula is C25H18ClN3O. The highest BCUT2D eigenvalue weighted by Crippen LogP contribution is 2.43. The number of nitrogens with zero attached hydrogens (tertiary/aromatic N) is 2. The Bertz CT molecular complexity index is 1240. The number of rotatable bonds is 4. The van der Waals surface area contributed by atoms with Crippen molar-refractivity contribution in [2.75, 3.05) is 5.32 Å². The summed E-state index contributed by atoms with van der Waals surface area (Å²) in [5.41, 5.74) is 4.62. The summed E-state index contributed by atoms with van der Waals surface area (Å²) in [5, 5.41) is 13.6. The maximum Gasteiger partial charge on any atom is 0.222 e. The molecule has 4 nitrogen and oxygen atoms in total. The molecule has 0 saturated carbocycles. The molecule has 4 aromatic rings. The SMILES string of the molecule is CC(=O)Nc1c(C#N)c(-c2ccccc2)c(-c2ccccc2)n1-c1ccc(Cl)cc1. The van der Waals surface area contributed by atoms with Crippen molar-refractivity contribution in [3.05, 3.63) is 95.5 Å². The van der Waals surface area contributed by atoms with Crippen molar-refractivity contribution < 1.29 is 4.79 Å². The average Bonchev–Trinajstić information content (AvgIpc) is 3.09. The van der Waals surface area contributed by atoms with Gasteiger partial charge < -0.3 is 5.32 Å². The lowest BCUT2D eigenvalue weighted by Crippen LogP contribution is -2.12. The number of nitriles is 1. The molecule has 4 rings (SSSR count). The minimum atomic E-state index is -0.251. The molecule has 30 heavy (non-hydrogen) atoms. The Kier molecular flexibility index (Phi) is 5.38. The van der Waals surface area contributed by atoms with E-state index in [4.69, 9.17) is 11.6 Å². The highest BCUT2D eigenvalue weighted by Gasteiger charge is 2.26. The zero-order chi connectivity index (χ0) is 21.1. The van der Waals surface area contributed by atoms with Crippen molar-refractivity contribution in [1.82, 2.24) is 4.57 Å². The third-order valence-electron chi connectivity index (χ3n) is 4.77. The van der Waals surface area contributed by atoms with E-state index in [-0.39, 0.29) is 5.91 Å². The Labute approximate surface area is 180 Å². The van der Waals surface area contributed by atoms with Crippen LogP contribution in [0.5, 0.6) is 0 Å². The van der Waals surface area contributed by atoms with Crippen LogP contribution in [0.15, 0.2) is 84.9 Å². The number of amides is 1. The lowest BCUT2D eigenvalue weighted by atomic mass is 9.98. The second-order valence-electron chi connectivity index (χ2n) is 6.78. The molecule has 1 amide bonds. The lowest BCUT2D eigenvalue weighted by Gasteiger charge is -2.15. The molecule has 0 aliphatic carbocycles. The third kappa shape index (κ3) is 3.59. The first-order chi connectivity index (χ1) is 14.6. The van der Waals surface area contributed by atoms with Gasteiger partial charge in [0.25, 0.3) is 0 Å². The molecule has 1 N–H and O–H groups in total. The molecule has 0 radical (unpaired) electrons. The van der Waals surface area contributed by atoms with Crippen LogP contribution in [-0.2, 0) is 4.79 Å². The van der Waals surface area contributed by atoms with Crippen LogP contribution in [0, 0.1) is 11.3 Å². The maximum atomic E-state index is 12.1. The van der Waals surface area contributed by atoms with Gasteiger partial charge in [-0.15, -0.1) is 0 Å². The van der Waals surface area contributed by atoms with Crippen LogP contribution in [0.1, 0.15) is 12.5 Å². The largest absolute Gasteiger partial charge is 0.311 e. The zero-order valence-corrected chi connectivity index (χ0v) is 17.0. The number of carbonyl (C=O) groups is 1. The van der Waals surface area contributed by atoms with Crippen LogP contribution >= 0.6 is 11.6 Å². The average molecular weight is 412 g/mol. The van der Waals surface area contributed by atoms with Crippen LogP contribution in [-0.4, -0.2) is 10.5 Å². The van der Waals surface area contributed by atoms with Crippen molar-refractivity contribution in [3.63, 3.8) is 0 Å². The Morgan fingerprint density at radius 1 is 0.900 bits per heavy atom. The molecule has 0 fully saturated rings. The van der Waals surface area contributed by atoms with E-state index in [9.17, 15) is 10.1 Å². The molecule has 1 aromatic heterocycles. The van der Waals surface area contributed by atoms with Gasteiger partial charge in [0.2, 0.25) is 5.91 Å². The number of carbonyl (C=O) groups excluding carboxylic acids is 1. The van der Waals surface area contributed by atoms with Gasteiger partial charge in [-0.25, -0.2) is 0 Å². The van der Waals surface area contributed by atoms with E-state index in [0.29, 0.717) is 16.4 Å². The summed E-state index contributed by atoms with van der Waals surface area (Å²) >= 11 is 6.11. The smallest absolute Gasteiger partial charge is 0.222 e. The summed E-state index contributed by atoms with van der Waals surface area (Å²) in [7, 11) is 0. The summed E-state index contributed by atoms with van der Waals surface area (Å²) in [6, 6.07) is 29.2. The summed E-state index contributed by atoms with van der Waals surface area (Å²) in [4.78, 5) is 12.1. The van der Waals surface area contributed by atoms with Gasteiger partial charge in [0.05, 0.1) is 5.69 Å². The zero-order valence-electron chi connectivity index (χ0n) is 16.3. The first-order valence-corrected chi connectivity index (χ1v) is 9.81. The van der Waals surface area contributed by atoms with Gasteiger partial charge in [-0.05, 0) is 35.4 Å². The minimum Gasteiger partial charge on any atom is -0.311 e. The van der Waals surface area contributed by atoms with Crippen LogP contribution in [0.2, 0.25) is 5.02 Å². The number of anilines is 1. The van der Waals surface area contributed by atoms with Gasteiger partial charge in [0.1, 0.15) is 17.5 Å². The summed E-state index contributed by atoms with van der Waals surface area (Å²) < 4.78 is 1.91. The molecule has 5 heteroatoms. The van der Waals surface area contributed by atoms with Crippen molar-refractivity contribution in [1.29, 1.82) is 5.26 Å². The van der Waals surface area contributed by atoms with Crippen molar-refractivity contribution in [3.8, 4) is 34.1 Å². The van der Waals surface area contributed by atoms with Crippen LogP contribution in [0.4, 0.5) is 5.82 Å². The molecule has 0 saturated heterocycles. The molecule has 146 valence electrons. The van der Waals surface area contributed by atoms with Gasteiger partial charge in [-0.1, -0.05) is 72.3 Å². The summed E-state index contributed by atoms with van der Waals surface area (Å²) in [5.74, 6) is 0.184. The van der Waals surface area contributed by atoms with Gasteiger partial charge in [0, 0.05) is 23.2 Å². The number of hydrogen-bond donors (Lipinski definition) is 1. The van der Waals surface area contributed by atoms with E-state index in [1.807, 2.05) is 77.4 Å². The normalized spacial score (nSPS) is 10.4. The monoisotopic (exact) mass is 411 g/mol. The molecule has 0 spiro atoms. The van der Waals surface area contributed by atoms with E-state index in [1.165, 1.54) is 6.92 Å². The lowest BCUT2D eigenvalue weighted by molar-refractivity contribution is -0.114. The molecular weight excluding hydrogens is 394 g/mol. The van der Waals surface area contributed by atoms with Crippen LogP contribution in [0.25, 0.3) is 28.1 Å². The van der Waals surface area contributed by atoms with Crippen molar-refractivity contribution >= 4 is 23.3 Å². The topological polar surface area (TPSA) is 57.8 Å². The molecule has 0 unspecified atom stereocenters. The highest BCUT2D eigenvalue weighted by molar-refractivity contribution is 6.30. The van der Waals surface area contributed by atoms with Gasteiger partial charge in [-0.3, -0.25) is 9.36 Å². The van der Waals surface area contributed by atoms with Gasteiger partial charge in [0.15, 0.2) is 0 Å². The molecule has 0 aliphatic heterocycles. The first-order valence-electron chi connectivity index (χ1n) is 9.43. The quantitative estimate of drug-likeness (QED) is 0.428. The molecule has 3 aromatic carbocycles. The molecule has 0 aliphatic rings. The standard InChI is InChI=1S/C25H18ClN3O/c1-17(30)28-25-22(16-27)23(18-8-4-2-5-9-18)24(19-10-6-3-7-11-19)29(25)21-14-12-20(26)13-15-21/h2-15H,1H3,(H,28,30). The number of nitrogens with one attached hydrogen (secondary N) is 1. The number of aromatic nitrogens is 1. The number of benzene rings is 3. The fraction of sp³-hybridized carbons (Fsp3) is 0.0400. The fourth-order valence-electron chi connectivity index (χ4n) is 3.57. The van der Waals surface area contributed by atoms with Gasteiger partial charge in [-0.2, -0.15) is 5.26 Å². The molecule has 0 bridgehead atoms. The molecule has 0 atom stereocenters. The third-order valence-corrected chi connectivity index (χ3v) is 5.02. The predicted molar refractivity (Wildman–Crippen MR) is 121 cm³/mol. The van der Waals surface area contributed by atoms with Crippen molar-refractivity contribution in [2.45, 2.75) is 6.92 Å². The fourth-order valence-corrected chi connectivity index (χ4v) is 3.70. The number of halogens is 1. The number of hydrogen-bond acceptors (Lipinski definition) is 2. The minimum absolute atomic E-state index is 0.251. The van der Waals surface area contributed by atoms with Crippen LogP contribution in [0.3, 0.4) is 0 Å². The Morgan fingerprint density at radius 3 is 2.00 bits per heavy atom. The Morgan fingerprint density at radius 2 is 1.47 bits per heavy atom. The van der Waals surface area contributed by atoms with E-state index in [1.54, 1.807) is 12.1 Å². The highest BCUT2D eigenvalue weighted by atomic mass is 35.5. The van der Waals surface area contributed by atoms with E-state index in [2.05, 4.69) is 11.4 Å². The predicted octanol–water partition coefficient (Wildman–Crippen LogP) is 6.29. The summed E-state index contributed by atoms with van der Waals surface area (Å²) in [6.07, 6.45) is 0. The first kappa shape index (κ1) is 19.5. The van der Waals surface area contributed by atoms with Crippen molar-refractivity contribution in [2.24, 2.45) is 0 Å². The van der Waals surface area contributed by atoms with E-state index >= 15 is 0 Å². The van der Waals surface area contributed by atoms with E-state index in [0.717, 1.165) is 28.1 Å². The second kappa shape index (κ2) is 8.28. The van der Waals surface area contributed by atoms with Gasteiger partial charge >= 0.3 is 0 Å². The maximum absolute atomic E-state index is 12.1. The summed E-state index contributed by atoms with van der Waals surface area (Å²) in [6.45, 7) is 1.44. The second-order valence-corrected chi connectivity index (χ2v) is 7.22. The van der Waals surface area contributed by atoms with Crippen LogP contribution < -0.4 is 5.32 Å². The molecule has 1 heterocycles. The van der Waals surface area contributed by atoms with E-state index < -0.39 is 0 Å².